The predicted octanol–water partition coefficient (Wildman–Crippen LogP) is 4.47. The second kappa shape index (κ2) is 6.23. The van der Waals surface area contributed by atoms with E-state index in [1.807, 2.05) is 17.7 Å². The molecule has 0 N–H and O–H groups in total. The Morgan fingerprint density at radius 2 is 2.12 bits per heavy atom. The summed E-state index contributed by atoms with van der Waals surface area (Å²) in [6, 6.07) is 6.85. The van der Waals surface area contributed by atoms with Crippen molar-refractivity contribution in [2.24, 2.45) is 24.3 Å². The highest BCUT2D eigenvalue weighted by Crippen LogP contribution is 2.61. The van der Waals surface area contributed by atoms with Gasteiger partial charge in [-0.2, -0.15) is 0 Å². The molecule has 5 rings (SSSR count). The van der Waals surface area contributed by atoms with Crippen molar-refractivity contribution >= 4 is 23.0 Å². The van der Waals surface area contributed by atoms with Crippen LogP contribution in [0.2, 0.25) is 0 Å². The van der Waals surface area contributed by atoms with Crippen LogP contribution in [0.25, 0.3) is 5.57 Å². The van der Waals surface area contributed by atoms with Crippen LogP contribution in [0.1, 0.15) is 38.1 Å². The summed E-state index contributed by atoms with van der Waals surface area (Å²) in [5.74, 6) is 2.78. The first kappa shape index (κ1) is 17.3. The van der Waals surface area contributed by atoms with Crippen LogP contribution >= 0.6 is 11.8 Å². The molecule has 1 aromatic heterocycles. The minimum absolute atomic E-state index is 0.152. The van der Waals surface area contributed by atoms with Crippen molar-refractivity contribution in [1.29, 1.82) is 0 Å². The molecule has 136 valence electrons. The van der Waals surface area contributed by atoms with Crippen LogP contribution in [0.3, 0.4) is 0 Å². The van der Waals surface area contributed by atoms with Crippen LogP contribution in [0.15, 0.2) is 35.5 Å². The minimum Gasteiger partial charge on any atom is -0.305 e. The number of para-hydroxylation sites is 1. The zero-order valence-corrected chi connectivity index (χ0v) is 16.0. The van der Waals surface area contributed by atoms with Gasteiger partial charge in [-0.25, -0.2) is 0 Å². The monoisotopic (exact) mass is 370 g/mol. The van der Waals surface area contributed by atoms with Gasteiger partial charge >= 0.3 is 0 Å². The number of rotatable bonds is 5. The molecular formula is C19H22N4O2S. The Morgan fingerprint density at radius 3 is 2.81 bits per heavy atom. The first-order valence-corrected chi connectivity index (χ1v) is 9.83. The number of thioether (sulfide) groups is 1. The van der Waals surface area contributed by atoms with Crippen molar-refractivity contribution in [2.45, 2.75) is 37.6 Å². The summed E-state index contributed by atoms with van der Waals surface area (Å²) in [4.78, 5) is 10.8. The summed E-state index contributed by atoms with van der Waals surface area (Å²) < 4.78 is 2.03. The Bertz CT molecular complexity index is 903. The molecular weight excluding hydrogens is 348 g/mol. The van der Waals surface area contributed by atoms with E-state index in [0.29, 0.717) is 22.6 Å². The Kier molecular flexibility index (Phi) is 4.14. The standard InChI is InChI=1S/C19H22N4O2S/c1-19(2)13-8-9-14(15(19)10-13)17-20-21-18(22(17)3)26-11-12-6-4-5-7-16(12)23(24)25/h4-7,9,13,15H,8,10-11H2,1-3H3. The zero-order valence-electron chi connectivity index (χ0n) is 15.2. The lowest BCUT2D eigenvalue weighted by molar-refractivity contribution is -0.385. The lowest BCUT2D eigenvalue weighted by atomic mass is 9.49. The summed E-state index contributed by atoms with van der Waals surface area (Å²) in [7, 11) is 1.98. The van der Waals surface area contributed by atoms with Crippen molar-refractivity contribution in [2.75, 3.05) is 0 Å². The fourth-order valence-corrected chi connectivity index (χ4v) is 5.16. The van der Waals surface area contributed by atoms with Crippen LogP contribution < -0.4 is 0 Å². The molecule has 0 amide bonds. The smallest absolute Gasteiger partial charge is 0.273 e. The Morgan fingerprint density at radius 1 is 1.35 bits per heavy atom. The molecule has 3 aliphatic carbocycles. The minimum atomic E-state index is -0.333. The quantitative estimate of drug-likeness (QED) is 0.441. The molecule has 7 heteroatoms. The van der Waals surface area contributed by atoms with Gasteiger partial charge in [-0.05, 0) is 35.7 Å². The fourth-order valence-electron chi connectivity index (χ4n) is 4.25. The third-order valence-corrected chi connectivity index (χ3v) is 7.18. The van der Waals surface area contributed by atoms with Gasteiger partial charge in [-0.3, -0.25) is 10.1 Å². The first-order chi connectivity index (χ1) is 12.4. The SMILES string of the molecule is Cn1c(SCc2ccccc2[N+](=O)[O-])nnc1C1=CCC2CC1C2(C)C. The highest BCUT2D eigenvalue weighted by Gasteiger charge is 2.52. The molecule has 0 spiro atoms. The number of nitro groups is 1. The van der Waals surface area contributed by atoms with Crippen LogP contribution in [0.5, 0.6) is 0 Å². The van der Waals surface area contributed by atoms with Gasteiger partial charge in [-0.15, -0.1) is 10.2 Å². The van der Waals surface area contributed by atoms with Crippen molar-refractivity contribution in [3.63, 3.8) is 0 Å². The molecule has 3 aliphatic rings. The predicted molar refractivity (Wildman–Crippen MR) is 102 cm³/mol. The topological polar surface area (TPSA) is 73.8 Å². The second-order valence-corrected chi connectivity index (χ2v) is 8.68. The first-order valence-electron chi connectivity index (χ1n) is 8.84. The van der Waals surface area contributed by atoms with E-state index >= 15 is 0 Å². The maximum absolute atomic E-state index is 11.2. The van der Waals surface area contributed by atoms with E-state index in [2.05, 4.69) is 30.1 Å². The van der Waals surface area contributed by atoms with Crippen LogP contribution in [-0.2, 0) is 12.8 Å². The average molecular weight is 370 g/mol. The van der Waals surface area contributed by atoms with Gasteiger partial charge in [0.05, 0.1) is 4.92 Å². The molecule has 0 aliphatic heterocycles. The molecule has 2 aromatic rings. The number of nitrogens with zero attached hydrogens (tertiary/aromatic N) is 4. The number of allylic oxidation sites excluding steroid dienone is 2. The number of nitro benzene ring substituents is 1. The third kappa shape index (κ3) is 2.65. The van der Waals surface area contributed by atoms with E-state index < -0.39 is 0 Å². The van der Waals surface area contributed by atoms with E-state index in [1.165, 1.54) is 23.8 Å². The molecule has 1 fully saturated rings. The number of aromatic nitrogens is 3. The van der Waals surface area contributed by atoms with E-state index in [1.54, 1.807) is 18.2 Å². The number of benzene rings is 1. The molecule has 1 heterocycles. The fraction of sp³-hybridized carbons (Fsp3) is 0.474. The van der Waals surface area contributed by atoms with Crippen LogP contribution in [0.4, 0.5) is 5.69 Å². The van der Waals surface area contributed by atoms with Crippen LogP contribution in [0, 0.1) is 27.4 Å². The highest BCUT2D eigenvalue weighted by atomic mass is 32.2. The third-order valence-electron chi connectivity index (χ3n) is 6.11. The van der Waals surface area contributed by atoms with Crippen LogP contribution in [-0.4, -0.2) is 19.7 Å². The Labute approximate surface area is 156 Å². The van der Waals surface area contributed by atoms with Gasteiger partial charge in [0, 0.05) is 24.4 Å². The largest absolute Gasteiger partial charge is 0.305 e. The van der Waals surface area contributed by atoms with Gasteiger partial charge in [0.25, 0.3) is 5.69 Å². The Balaban J connectivity index is 1.54. The van der Waals surface area contributed by atoms with Crippen molar-refractivity contribution in [1.82, 2.24) is 14.8 Å². The maximum Gasteiger partial charge on any atom is 0.273 e. The van der Waals surface area contributed by atoms with E-state index in [0.717, 1.165) is 23.3 Å². The van der Waals surface area contributed by atoms with E-state index in [4.69, 9.17) is 0 Å². The van der Waals surface area contributed by atoms with E-state index in [-0.39, 0.29) is 10.6 Å². The number of hydrogen-bond acceptors (Lipinski definition) is 5. The second-order valence-electron chi connectivity index (χ2n) is 7.74. The van der Waals surface area contributed by atoms with Gasteiger partial charge in [0.15, 0.2) is 11.0 Å². The molecule has 2 bridgehead atoms. The molecule has 2 unspecified atom stereocenters. The highest BCUT2D eigenvalue weighted by molar-refractivity contribution is 7.98. The summed E-state index contributed by atoms with van der Waals surface area (Å²) >= 11 is 1.49. The molecule has 0 saturated heterocycles. The number of fused-ring (bicyclic) bond motifs is 1. The molecule has 1 saturated carbocycles. The lowest BCUT2D eigenvalue weighted by Gasteiger charge is -2.56. The summed E-state index contributed by atoms with van der Waals surface area (Å²) in [6.07, 6.45) is 4.68. The van der Waals surface area contributed by atoms with Crippen molar-refractivity contribution in [3.8, 4) is 0 Å². The normalized spacial score (nSPS) is 23.3. The maximum atomic E-state index is 11.2. The molecule has 6 nitrogen and oxygen atoms in total. The van der Waals surface area contributed by atoms with Gasteiger partial charge in [-0.1, -0.05) is 49.9 Å². The Hall–Kier alpha value is -2.15. The van der Waals surface area contributed by atoms with Gasteiger partial charge < -0.3 is 4.57 Å². The zero-order chi connectivity index (χ0) is 18.5. The summed E-state index contributed by atoms with van der Waals surface area (Å²) in [5, 5.41) is 20.7. The molecule has 1 aromatic carbocycles. The number of hydrogen-bond donors (Lipinski definition) is 0. The van der Waals surface area contributed by atoms with Crippen molar-refractivity contribution in [3.05, 3.63) is 51.8 Å². The molecule has 2 atom stereocenters. The summed E-state index contributed by atoms with van der Waals surface area (Å²) in [5.41, 5.74) is 2.50. The van der Waals surface area contributed by atoms with Crippen molar-refractivity contribution < 1.29 is 4.92 Å². The molecule has 0 radical (unpaired) electrons. The lowest BCUT2D eigenvalue weighted by Crippen LogP contribution is -2.47. The summed E-state index contributed by atoms with van der Waals surface area (Å²) in [6.45, 7) is 4.69. The average Bonchev–Trinajstić information content (AvgIpc) is 3.00. The van der Waals surface area contributed by atoms with Gasteiger partial charge in [0.1, 0.15) is 0 Å². The molecule has 26 heavy (non-hydrogen) atoms. The van der Waals surface area contributed by atoms with Gasteiger partial charge in [0.2, 0.25) is 0 Å². The van der Waals surface area contributed by atoms with E-state index in [9.17, 15) is 10.1 Å².